The molecule has 32 heavy (non-hydrogen) atoms. The van der Waals surface area contributed by atoms with Gasteiger partial charge < -0.3 is 15.0 Å². The normalized spacial score (nSPS) is 15.5. The van der Waals surface area contributed by atoms with Crippen molar-refractivity contribution in [2.24, 2.45) is 0 Å². The van der Waals surface area contributed by atoms with Gasteiger partial charge in [0.15, 0.2) is 6.10 Å². The number of amides is 1. The molecule has 1 amide bonds. The molecular weight excluding hydrogens is 424 g/mol. The summed E-state index contributed by atoms with van der Waals surface area (Å²) in [5.41, 5.74) is 1.92. The highest BCUT2D eigenvalue weighted by Crippen LogP contribution is 2.29. The number of carbonyl (C=O) groups excluding carboxylic acids is 2. The molecule has 1 aliphatic heterocycles. The fourth-order valence-corrected chi connectivity index (χ4v) is 4.67. The third kappa shape index (κ3) is 5.44. The highest BCUT2D eigenvalue weighted by molar-refractivity contribution is 7.13. The van der Waals surface area contributed by atoms with Crippen LogP contribution in [0.2, 0.25) is 0 Å². The topological polar surface area (TPSA) is 74.8 Å². The Kier molecular flexibility index (Phi) is 7.02. The quantitative estimate of drug-likeness (QED) is 0.553. The summed E-state index contributed by atoms with van der Waals surface area (Å²) in [6.45, 7) is 7.86. The summed E-state index contributed by atoms with van der Waals surface area (Å²) in [4.78, 5) is 27.9. The minimum Gasteiger partial charge on any atom is -0.453 e. The lowest BCUT2D eigenvalue weighted by atomic mass is 10.1. The number of carbonyl (C=O) groups is 2. The molecule has 0 spiro atoms. The largest absolute Gasteiger partial charge is 0.453 e. The lowest BCUT2D eigenvalue weighted by Crippen LogP contribution is -2.47. The number of rotatable bonds is 7. The summed E-state index contributed by atoms with van der Waals surface area (Å²) in [6, 6.07) is 16.3. The van der Waals surface area contributed by atoms with Crippen molar-refractivity contribution in [3.8, 4) is 0 Å². The lowest BCUT2D eigenvalue weighted by Gasteiger charge is -2.35. The molecule has 168 valence electrons. The molecular formula is C24H28N4O3S. The first-order chi connectivity index (χ1) is 15.5. The molecule has 0 saturated carbocycles. The number of ether oxygens (including phenoxy) is 1. The molecule has 1 N–H and O–H groups in total. The van der Waals surface area contributed by atoms with E-state index < -0.39 is 12.1 Å². The van der Waals surface area contributed by atoms with Gasteiger partial charge in [0.2, 0.25) is 0 Å². The van der Waals surface area contributed by atoms with Crippen molar-refractivity contribution in [2.45, 2.75) is 26.4 Å². The minimum absolute atomic E-state index is 0.335. The van der Waals surface area contributed by atoms with Gasteiger partial charge in [-0.2, -0.15) is 4.37 Å². The standard InChI is InChI=1S/C24H28N4O3S/c1-17(31-18(2)29)24(30)25-20-9-7-19(8-10-20)11-12-27-13-15-28(16-14-27)23-21-5-3-4-6-22(21)32-26-23/h3-10,17H,11-16H2,1-2H3,(H,25,30). The van der Waals surface area contributed by atoms with Crippen LogP contribution in [0.25, 0.3) is 10.1 Å². The van der Waals surface area contributed by atoms with E-state index in [1.807, 2.05) is 24.3 Å². The van der Waals surface area contributed by atoms with Crippen LogP contribution >= 0.6 is 11.5 Å². The first-order valence-corrected chi connectivity index (χ1v) is 11.7. The summed E-state index contributed by atoms with van der Waals surface area (Å²) in [5.74, 6) is 0.313. The van der Waals surface area contributed by atoms with E-state index >= 15 is 0 Å². The van der Waals surface area contributed by atoms with Gasteiger partial charge in [-0.25, -0.2) is 0 Å². The molecule has 8 heteroatoms. The number of nitrogens with one attached hydrogen (secondary N) is 1. The second-order valence-corrected chi connectivity index (χ2v) is 8.82. The summed E-state index contributed by atoms with van der Waals surface area (Å²) in [6.07, 6.45) is 0.144. The molecule has 3 aromatic rings. The van der Waals surface area contributed by atoms with Crippen LogP contribution in [0.1, 0.15) is 19.4 Å². The number of piperazine rings is 1. The van der Waals surface area contributed by atoms with Gasteiger partial charge in [-0.15, -0.1) is 0 Å². The van der Waals surface area contributed by atoms with Crippen LogP contribution in [0.15, 0.2) is 48.5 Å². The second-order valence-electron chi connectivity index (χ2n) is 8.02. The average molecular weight is 453 g/mol. The summed E-state index contributed by atoms with van der Waals surface area (Å²) >= 11 is 1.57. The van der Waals surface area contributed by atoms with E-state index in [1.54, 1.807) is 18.5 Å². The number of aromatic nitrogens is 1. The van der Waals surface area contributed by atoms with Crippen LogP contribution in [0.5, 0.6) is 0 Å². The predicted molar refractivity (Wildman–Crippen MR) is 128 cm³/mol. The van der Waals surface area contributed by atoms with Crippen molar-refractivity contribution in [2.75, 3.05) is 42.9 Å². The molecule has 0 aliphatic carbocycles. The van der Waals surface area contributed by atoms with Crippen molar-refractivity contribution >= 4 is 45.0 Å². The fourth-order valence-electron chi connectivity index (χ4n) is 3.87. The first-order valence-electron chi connectivity index (χ1n) is 10.9. The maximum atomic E-state index is 12.0. The van der Waals surface area contributed by atoms with Gasteiger partial charge in [0.1, 0.15) is 5.82 Å². The van der Waals surface area contributed by atoms with Crippen LogP contribution < -0.4 is 10.2 Å². The molecule has 1 aliphatic rings. The molecule has 1 saturated heterocycles. The van der Waals surface area contributed by atoms with Gasteiger partial charge in [0, 0.05) is 50.7 Å². The van der Waals surface area contributed by atoms with Gasteiger partial charge in [-0.05, 0) is 54.7 Å². The van der Waals surface area contributed by atoms with Crippen LogP contribution in [0, 0.1) is 0 Å². The van der Waals surface area contributed by atoms with Gasteiger partial charge >= 0.3 is 5.97 Å². The number of nitrogens with zero attached hydrogens (tertiary/aromatic N) is 3. The summed E-state index contributed by atoms with van der Waals surface area (Å²) in [5, 5.41) is 4.02. The molecule has 1 unspecified atom stereocenters. The molecule has 1 fully saturated rings. The zero-order valence-corrected chi connectivity index (χ0v) is 19.2. The highest BCUT2D eigenvalue weighted by atomic mass is 32.1. The lowest BCUT2D eigenvalue weighted by molar-refractivity contribution is -0.150. The van der Waals surface area contributed by atoms with Crippen molar-refractivity contribution in [3.63, 3.8) is 0 Å². The van der Waals surface area contributed by atoms with E-state index in [0.29, 0.717) is 5.69 Å². The van der Waals surface area contributed by atoms with E-state index in [4.69, 9.17) is 4.74 Å². The number of benzene rings is 2. The van der Waals surface area contributed by atoms with Gasteiger partial charge in [0.25, 0.3) is 5.91 Å². The van der Waals surface area contributed by atoms with E-state index in [-0.39, 0.29) is 5.91 Å². The van der Waals surface area contributed by atoms with Crippen molar-refractivity contribution in [3.05, 3.63) is 54.1 Å². The predicted octanol–water partition coefficient (Wildman–Crippen LogP) is 3.55. The van der Waals surface area contributed by atoms with Gasteiger partial charge in [-0.1, -0.05) is 24.3 Å². The zero-order valence-electron chi connectivity index (χ0n) is 18.4. The Bertz CT molecular complexity index is 1070. The van der Waals surface area contributed by atoms with Crippen molar-refractivity contribution in [1.82, 2.24) is 9.27 Å². The Balaban J connectivity index is 1.23. The van der Waals surface area contributed by atoms with E-state index in [9.17, 15) is 9.59 Å². The smallest absolute Gasteiger partial charge is 0.303 e. The Morgan fingerprint density at radius 2 is 1.81 bits per heavy atom. The first kappa shape index (κ1) is 22.2. The Morgan fingerprint density at radius 3 is 2.53 bits per heavy atom. The van der Waals surface area contributed by atoms with Crippen LogP contribution in [-0.2, 0) is 20.7 Å². The molecule has 2 heterocycles. The number of hydrogen-bond donors (Lipinski definition) is 1. The monoisotopic (exact) mass is 452 g/mol. The van der Waals surface area contributed by atoms with E-state index in [1.165, 1.54) is 22.6 Å². The third-order valence-corrected chi connectivity index (χ3v) is 6.50. The summed E-state index contributed by atoms with van der Waals surface area (Å²) in [7, 11) is 0. The maximum Gasteiger partial charge on any atom is 0.303 e. The second kappa shape index (κ2) is 10.1. The minimum atomic E-state index is -0.812. The molecule has 1 atom stereocenters. The fraction of sp³-hybridized carbons (Fsp3) is 0.375. The Labute approximate surface area is 192 Å². The molecule has 2 aromatic carbocycles. The van der Waals surface area contributed by atoms with Gasteiger partial charge in [0.05, 0.1) is 4.70 Å². The van der Waals surface area contributed by atoms with Gasteiger partial charge in [-0.3, -0.25) is 14.5 Å². The highest BCUT2D eigenvalue weighted by Gasteiger charge is 2.20. The molecule has 4 rings (SSSR count). The third-order valence-electron chi connectivity index (χ3n) is 5.68. The van der Waals surface area contributed by atoms with Crippen LogP contribution in [-0.4, -0.2) is 60.0 Å². The number of hydrogen-bond acceptors (Lipinski definition) is 7. The Morgan fingerprint density at radius 1 is 1.09 bits per heavy atom. The van der Waals surface area contributed by atoms with Crippen molar-refractivity contribution in [1.29, 1.82) is 0 Å². The number of fused-ring (bicyclic) bond motifs is 1. The van der Waals surface area contributed by atoms with Crippen molar-refractivity contribution < 1.29 is 14.3 Å². The number of anilines is 2. The van der Waals surface area contributed by atoms with Crippen LogP contribution in [0.4, 0.5) is 11.5 Å². The maximum absolute atomic E-state index is 12.0. The number of esters is 1. The van der Waals surface area contributed by atoms with Crippen LogP contribution in [0.3, 0.4) is 0 Å². The average Bonchev–Trinajstić information content (AvgIpc) is 3.23. The zero-order chi connectivity index (χ0) is 22.5. The molecule has 0 radical (unpaired) electrons. The summed E-state index contributed by atoms with van der Waals surface area (Å²) < 4.78 is 10.8. The molecule has 0 bridgehead atoms. The van der Waals surface area contributed by atoms with E-state index in [0.717, 1.165) is 45.0 Å². The molecule has 7 nitrogen and oxygen atoms in total. The van der Waals surface area contributed by atoms with E-state index in [2.05, 4.69) is 43.8 Å². The Hall–Kier alpha value is -2.97. The molecule has 1 aromatic heterocycles. The SMILES string of the molecule is CC(=O)OC(C)C(=O)Nc1ccc(CCN2CCN(c3nsc4ccccc34)CC2)cc1.